The van der Waals surface area contributed by atoms with Gasteiger partial charge in [0.2, 0.25) is 41.7 Å². The summed E-state index contributed by atoms with van der Waals surface area (Å²) in [4.78, 5) is 144. The van der Waals surface area contributed by atoms with E-state index in [2.05, 4.69) is 36.4 Å². The molecule has 6 amide bonds. The highest BCUT2D eigenvalue weighted by atomic mass is 33.1. The van der Waals surface area contributed by atoms with Gasteiger partial charge < -0.3 is 53.4 Å². The number of aromatic amines is 1. The molecule has 75 heavy (non-hydrogen) atoms. The summed E-state index contributed by atoms with van der Waals surface area (Å²) >= 11 is 0. The Kier molecular flexibility index (Phi) is 23.9. The number of hydrogen-bond donors (Lipinski definition) is 10. The average Bonchev–Trinajstić information content (AvgIpc) is 3.65. The number of carboxylic acids is 1. The number of phenols is 1. The van der Waals surface area contributed by atoms with Gasteiger partial charge in [-0.2, -0.15) is 17.9 Å². The number of carboxylic acid groups (broad SMARTS) is 1. The number of aldehydes is 1. The van der Waals surface area contributed by atoms with E-state index < -0.39 is 138 Å². The van der Waals surface area contributed by atoms with Crippen molar-refractivity contribution >= 4 is 75.1 Å². The van der Waals surface area contributed by atoms with Crippen molar-refractivity contribution < 1.29 is 71.3 Å². The quantitative estimate of drug-likeness (QED) is 0.0216. The average molecular weight is 1100 g/mol. The third kappa shape index (κ3) is 19.5. The van der Waals surface area contributed by atoms with E-state index in [1.54, 1.807) is 13.8 Å². The van der Waals surface area contributed by atoms with Gasteiger partial charge in [-0.05, 0) is 59.8 Å². The summed E-state index contributed by atoms with van der Waals surface area (Å²) in [5.74, 6) is -10.5. The van der Waals surface area contributed by atoms with Crippen molar-refractivity contribution in [1.82, 2.24) is 35.6 Å². The molecule has 1 aliphatic rings. The lowest BCUT2D eigenvalue weighted by atomic mass is 9.91. The van der Waals surface area contributed by atoms with Crippen molar-refractivity contribution in [3.8, 4) is 22.9 Å². The summed E-state index contributed by atoms with van der Waals surface area (Å²) in [6.45, 7) is 3.46. The molecule has 2 heterocycles. The van der Waals surface area contributed by atoms with Crippen LogP contribution >= 0.6 is 21.6 Å². The molecule has 0 bridgehead atoms. The minimum Gasteiger partial charge on any atom is -0.506 e. The first-order chi connectivity index (χ1) is 35.3. The van der Waals surface area contributed by atoms with Gasteiger partial charge in [-0.1, -0.05) is 53.0 Å². The molecule has 7 atom stereocenters. The van der Waals surface area contributed by atoms with Crippen LogP contribution in [0.2, 0.25) is 0 Å². The van der Waals surface area contributed by atoms with Crippen LogP contribution in [0.4, 0.5) is 13.2 Å². The highest BCUT2D eigenvalue weighted by Gasteiger charge is 2.36. The number of aromatic nitrogens is 3. The smallest absolute Gasteiger partial charge is 0.446 e. The van der Waals surface area contributed by atoms with E-state index in [0.29, 0.717) is 5.75 Å². The fourth-order valence-corrected chi connectivity index (χ4v) is 9.07. The summed E-state index contributed by atoms with van der Waals surface area (Å²) < 4.78 is 38.3. The number of rotatable bonds is 16. The van der Waals surface area contributed by atoms with Crippen LogP contribution in [0.3, 0.4) is 0 Å². The van der Waals surface area contributed by atoms with Crippen LogP contribution in [-0.2, 0) is 49.6 Å². The molecule has 32 heteroatoms. The number of ketones is 1. The Hall–Kier alpha value is -7.83. The van der Waals surface area contributed by atoms with Gasteiger partial charge in [0.05, 0.1) is 36.8 Å². The number of amides is 6. The first-order valence-electron chi connectivity index (χ1n) is 22.4. The standard InChI is InChI=1S/C41H53N13O13S2.C2HF3O/c1-3-20(2)34-38(62)47-26(9-11-32(43)57)31(56)16-22(17-33(44)58)35(59)49-28(39(63)64)19-69-68-18-25(42)36(60)48-27(37(61)50-34)14-21-4-10-30(55)29(15-21)54-41(66)53(40(65)51-54)23-5-7-24(8-6-23)67-13-12-46-52-45;3-2(4,5)1-6/h4-8,10,15,20,22,25-28,34,55H,3,9,11-14,16-19,42H2,1-2H3,(H2,43,57)(H2,44,58)(H,47,62)(H,48,60)(H,49,59)(H,50,61)(H,51,65)(H,63,64);1H. The summed E-state index contributed by atoms with van der Waals surface area (Å²) in [5.41, 5.74) is 23.7. The second-order valence-corrected chi connectivity index (χ2v) is 19.0. The molecule has 0 aliphatic carbocycles. The number of nitrogens with zero attached hydrogens (tertiary/aromatic N) is 5. The van der Waals surface area contributed by atoms with E-state index >= 15 is 0 Å². The Labute approximate surface area is 430 Å². The first-order valence-corrected chi connectivity index (χ1v) is 24.9. The third-order valence-electron chi connectivity index (χ3n) is 10.9. The summed E-state index contributed by atoms with van der Waals surface area (Å²) in [6.07, 6.45) is -7.97. The van der Waals surface area contributed by atoms with Crippen molar-refractivity contribution in [3.05, 3.63) is 79.4 Å². The minimum atomic E-state index is -4.64. The number of hydrogen-bond acceptors (Lipinski definition) is 17. The number of carbonyl (C=O) groups is 9. The second-order valence-electron chi connectivity index (χ2n) is 16.5. The van der Waals surface area contributed by atoms with Crippen molar-refractivity contribution in [1.29, 1.82) is 0 Å². The van der Waals surface area contributed by atoms with E-state index in [4.69, 9.17) is 32.3 Å². The molecule has 1 aliphatic heterocycles. The summed E-state index contributed by atoms with van der Waals surface area (Å²) in [5, 5.41) is 36.6. The van der Waals surface area contributed by atoms with Crippen molar-refractivity contribution in [2.24, 2.45) is 34.2 Å². The maximum atomic E-state index is 14.3. The summed E-state index contributed by atoms with van der Waals surface area (Å²) in [7, 11) is 1.89. The van der Waals surface area contributed by atoms with Crippen LogP contribution in [0, 0.1) is 11.8 Å². The van der Waals surface area contributed by atoms with Gasteiger partial charge in [0.25, 0.3) is 0 Å². The minimum absolute atomic E-state index is 0.0667. The third-order valence-corrected chi connectivity index (χ3v) is 13.3. The molecule has 1 aromatic heterocycles. The molecule has 7 unspecified atom stereocenters. The van der Waals surface area contributed by atoms with Gasteiger partial charge in [-0.25, -0.2) is 24.0 Å². The molecule has 0 radical (unpaired) electrons. The number of alkyl halides is 3. The van der Waals surface area contributed by atoms with Gasteiger partial charge in [-0.15, -0.1) is 0 Å². The number of nitrogens with two attached hydrogens (primary N) is 3. The van der Waals surface area contributed by atoms with Crippen molar-refractivity contribution in [2.75, 3.05) is 24.7 Å². The lowest BCUT2D eigenvalue weighted by Crippen LogP contribution is -2.59. The van der Waals surface area contributed by atoms with E-state index in [-0.39, 0.29) is 60.9 Å². The number of ether oxygens (including phenoxy) is 1. The maximum Gasteiger partial charge on any atom is 0.446 e. The molecule has 2 aromatic carbocycles. The lowest BCUT2D eigenvalue weighted by Gasteiger charge is -2.29. The Morgan fingerprint density at radius 2 is 1.57 bits per heavy atom. The van der Waals surface area contributed by atoms with Gasteiger partial charge in [0, 0.05) is 42.1 Å². The number of phenolic OH excluding ortho intramolecular Hbond substituents is 1. The number of nitrogens with one attached hydrogen (secondary N) is 5. The van der Waals surface area contributed by atoms with Crippen molar-refractivity contribution in [2.45, 2.75) is 88.8 Å². The predicted octanol–water partition coefficient (Wildman–Crippen LogP) is -0.490. The Bertz CT molecular complexity index is 2730. The van der Waals surface area contributed by atoms with E-state index in [1.807, 2.05) is 0 Å². The second kappa shape index (κ2) is 29.2. The SMILES string of the molecule is CCC(C)C1NC(=O)C(Cc2ccc(O)c(-n3[nH]c(=O)n(-c4ccc(OCCN=[N+]=[N-])cc4)c3=O)c2)NC(=O)C(N)CSSCC(C(=O)O)NC(=O)C(CC(N)=O)CC(=O)C(CCC(N)=O)NC1=O.O=CC(F)(F)F. The molecule has 0 spiro atoms. The Morgan fingerprint density at radius 3 is 2.16 bits per heavy atom. The number of benzene rings is 2. The molecule has 13 N–H and O–H groups in total. The number of H-pyrrole nitrogens is 1. The number of carbonyl (C=O) groups excluding carboxylic acids is 8. The lowest BCUT2D eigenvalue weighted by molar-refractivity contribution is -0.156. The highest BCUT2D eigenvalue weighted by molar-refractivity contribution is 8.76. The number of aromatic hydroxyl groups is 1. The maximum absolute atomic E-state index is 14.3. The number of primary amides is 2. The van der Waals surface area contributed by atoms with Gasteiger partial charge >= 0.3 is 23.5 Å². The number of azide groups is 1. The predicted molar refractivity (Wildman–Crippen MR) is 262 cm³/mol. The van der Waals surface area contributed by atoms with Crippen LogP contribution in [0.15, 0.2) is 57.2 Å². The zero-order valence-electron chi connectivity index (χ0n) is 39.9. The molecular formula is C43H54F3N13O14S2. The zero-order valence-corrected chi connectivity index (χ0v) is 41.6. The van der Waals surface area contributed by atoms with Gasteiger partial charge in [0.1, 0.15) is 35.3 Å². The van der Waals surface area contributed by atoms with Crippen LogP contribution in [0.5, 0.6) is 11.5 Å². The Balaban J connectivity index is 0.00000232. The van der Waals surface area contributed by atoms with Crippen LogP contribution in [0.25, 0.3) is 21.8 Å². The van der Waals surface area contributed by atoms with Crippen LogP contribution in [0.1, 0.15) is 51.5 Å². The number of halogens is 3. The largest absolute Gasteiger partial charge is 0.506 e. The van der Waals surface area contributed by atoms with E-state index in [9.17, 15) is 71.3 Å². The van der Waals surface area contributed by atoms with Gasteiger partial charge in [-0.3, -0.25) is 38.4 Å². The molecule has 4 rings (SSSR count). The molecule has 27 nitrogen and oxygen atoms in total. The molecule has 0 saturated carbocycles. The normalized spacial score (nSPS) is 20.7. The highest BCUT2D eigenvalue weighted by Crippen LogP contribution is 2.25. The molecule has 1 fully saturated rings. The molecule has 3 aromatic rings. The number of aliphatic carboxylic acids is 1. The fraction of sp³-hybridized carbons (Fsp3) is 0.465. The Morgan fingerprint density at radius 1 is 0.933 bits per heavy atom. The van der Waals surface area contributed by atoms with E-state index in [1.165, 1.54) is 42.5 Å². The van der Waals surface area contributed by atoms with Crippen molar-refractivity contribution in [3.63, 3.8) is 0 Å². The monoisotopic (exact) mass is 1100 g/mol. The van der Waals surface area contributed by atoms with Gasteiger partial charge in [0.15, 0.2) is 5.78 Å². The zero-order chi connectivity index (χ0) is 56.2. The first kappa shape index (κ1) is 61.5. The molecule has 1 saturated heterocycles. The molecule has 408 valence electrons. The van der Waals surface area contributed by atoms with Crippen LogP contribution in [-0.4, -0.2) is 139 Å². The topological polar surface area (TPSA) is 438 Å². The fourth-order valence-electron chi connectivity index (χ4n) is 6.79. The number of Topliss-reactive ketones (excluding diaryl/α,β-unsaturated/α-hetero) is 1. The van der Waals surface area contributed by atoms with Crippen LogP contribution < -0.4 is 54.6 Å². The summed E-state index contributed by atoms with van der Waals surface area (Å²) in [6, 6.07) is 2.32. The molecular weight excluding hydrogens is 1040 g/mol. The van der Waals surface area contributed by atoms with E-state index in [0.717, 1.165) is 30.8 Å².